The second-order valence-corrected chi connectivity index (χ2v) is 2.12. The molecule has 0 rings (SSSR count). The van der Waals surface area contributed by atoms with Gasteiger partial charge in [0, 0.05) is 13.7 Å². The summed E-state index contributed by atoms with van der Waals surface area (Å²) in [5.41, 5.74) is 0. The van der Waals surface area contributed by atoms with Gasteiger partial charge in [-0.1, -0.05) is 13.3 Å². The maximum absolute atomic E-state index is 8.81. The molecule has 10 heavy (non-hydrogen) atoms. The Bertz CT molecular complexity index is 65.9. The Hall–Kier alpha value is -0.120. The van der Waals surface area contributed by atoms with Crippen LogP contribution in [-0.2, 0) is 9.47 Å². The summed E-state index contributed by atoms with van der Waals surface area (Å²) >= 11 is 0. The van der Waals surface area contributed by atoms with Gasteiger partial charge in [-0.15, -0.1) is 0 Å². The summed E-state index contributed by atoms with van der Waals surface area (Å²) in [5.74, 6) is 0. The Balaban J connectivity index is 2.89. The van der Waals surface area contributed by atoms with Gasteiger partial charge in [-0.2, -0.15) is 0 Å². The number of methoxy groups -OCH3 is 1. The van der Waals surface area contributed by atoms with Gasteiger partial charge in [0.05, 0.1) is 6.61 Å². The number of hydrogen-bond donors (Lipinski definition) is 1. The minimum Gasteiger partial charge on any atom is -0.376 e. The molecule has 1 unspecified atom stereocenters. The highest BCUT2D eigenvalue weighted by atomic mass is 16.6. The van der Waals surface area contributed by atoms with Crippen LogP contribution >= 0.6 is 0 Å². The third-order valence-corrected chi connectivity index (χ3v) is 1.17. The monoisotopic (exact) mass is 148 g/mol. The van der Waals surface area contributed by atoms with E-state index in [0.29, 0.717) is 6.61 Å². The van der Waals surface area contributed by atoms with E-state index in [0.717, 1.165) is 12.8 Å². The summed E-state index contributed by atoms with van der Waals surface area (Å²) in [6.07, 6.45) is 1.39. The molecule has 0 saturated carbocycles. The van der Waals surface area contributed by atoms with Crippen molar-refractivity contribution in [1.82, 2.24) is 0 Å². The molecule has 0 radical (unpaired) electrons. The molecule has 0 aliphatic carbocycles. The smallest absolute Gasteiger partial charge is 0.177 e. The van der Waals surface area contributed by atoms with E-state index in [-0.39, 0.29) is 6.61 Å². The molecule has 62 valence electrons. The molecular weight excluding hydrogens is 132 g/mol. The lowest BCUT2D eigenvalue weighted by molar-refractivity contribution is -0.119. The van der Waals surface area contributed by atoms with Crippen LogP contribution < -0.4 is 0 Å². The van der Waals surface area contributed by atoms with Crippen molar-refractivity contribution in [3.63, 3.8) is 0 Å². The van der Waals surface area contributed by atoms with Crippen LogP contribution in [0.3, 0.4) is 0 Å². The molecule has 0 saturated heterocycles. The second-order valence-electron chi connectivity index (χ2n) is 2.12. The first-order chi connectivity index (χ1) is 4.81. The van der Waals surface area contributed by atoms with Gasteiger partial charge in [-0.3, -0.25) is 0 Å². The average Bonchev–Trinajstić information content (AvgIpc) is 1.98. The van der Waals surface area contributed by atoms with Crippen LogP contribution in [0.2, 0.25) is 0 Å². The molecule has 1 N–H and O–H groups in total. The first-order valence-corrected chi connectivity index (χ1v) is 3.59. The van der Waals surface area contributed by atoms with E-state index in [9.17, 15) is 0 Å². The minimum atomic E-state index is -0.767. The highest BCUT2D eigenvalue weighted by Crippen LogP contribution is 1.90. The van der Waals surface area contributed by atoms with Gasteiger partial charge in [0.15, 0.2) is 6.29 Å². The minimum absolute atomic E-state index is 0.274. The lowest BCUT2D eigenvalue weighted by Crippen LogP contribution is -2.17. The summed E-state index contributed by atoms with van der Waals surface area (Å²) in [6, 6.07) is 0. The lowest BCUT2D eigenvalue weighted by Gasteiger charge is -2.07. The van der Waals surface area contributed by atoms with E-state index in [4.69, 9.17) is 9.84 Å². The van der Waals surface area contributed by atoms with Crippen molar-refractivity contribution in [1.29, 1.82) is 0 Å². The zero-order valence-corrected chi connectivity index (χ0v) is 6.67. The lowest BCUT2D eigenvalue weighted by atomic mass is 10.4. The Morgan fingerprint density at radius 3 is 2.70 bits per heavy atom. The number of ether oxygens (including phenoxy) is 2. The molecule has 0 bridgehead atoms. The van der Waals surface area contributed by atoms with Gasteiger partial charge in [0.1, 0.15) is 0 Å². The zero-order valence-electron chi connectivity index (χ0n) is 6.67. The van der Waals surface area contributed by atoms with Gasteiger partial charge in [-0.25, -0.2) is 0 Å². The zero-order chi connectivity index (χ0) is 7.82. The Morgan fingerprint density at radius 2 is 2.20 bits per heavy atom. The fourth-order valence-corrected chi connectivity index (χ4v) is 0.499. The van der Waals surface area contributed by atoms with E-state index in [1.165, 1.54) is 7.11 Å². The highest BCUT2D eigenvalue weighted by molar-refractivity contribution is 4.36. The molecule has 0 spiro atoms. The van der Waals surface area contributed by atoms with Gasteiger partial charge >= 0.3 is 0 Å². The molecule has 0 aromatic carbocycles. The SMILES string of the molecule is CCCCOCC(O)OC. The van der Waals surface area contributed by atoms with Crippen molar-refractivity contribution < 1.29 is 14.6 Å². The van der Waals surface area contributed by atoms with Crippen LogP contribution in [0.25, 0.3) is 0 Å². The third kappa shape index (κ3) is 6.01. The number of rotatable bonds is 6. The summed E-state index contributed by atoms with van der Waals surface area (Å²) in [6.45, 7) is 3.07. The van der Waals surface area contributed by atoms with Gasteiger partial charge in [-0.05, 0) is 6.42 Å². The summed E-state index contributed by atoms with van der Waals surface area (Å²) in [4.78, 5) is 0. The van der Waals surface area contributed by atoms with E-state index < -0.39 is 6.29 Å². The molecule has 0 amide bonds. The topological polar surface area (TPSA) is 38.7 Å². The third-order valence-electron chi connectivity index (χ3n) is 1.17. The molecule has 0 heterocycles. The van der Waals surface area contributed by atoms with E-state index in [1.54, 1.807) is 0 Å². The van der Waals surface area contributed by atoms with Crippen molar-refractivity contribution in [3.8, 4) is 0 Å². The first kappa shape index (κ1) is 9.88. The van der Waals surface area contributed by atoms with E-state index in [1.807, 2.05) is 0 Å². The van der Waals surface area contributed by atoms with Crippen LogP contribution in [0.1, 0.15) is 19.8 Å². The summed E-state index contributed by atoms with van der Waals surface area (Å²) in [5, 5.41) is 8.81. The van der Waals surface area contributed by atoms with E-state index in [2.05, 4.69) is 11.7 Å². The number of aliphatic hydroxyl groups is 1. The molecule has 0 aliphatic rings. The fraction of sp³-hybridized carbons (Fsp3) is 1.00. The molecular formula is C7H16O3. The van der Waals surface area contributed by atoms with Crippen LogP contribution in [0.4, 0.5) is 0 Å². The van der Waals surface area contributed by atoms with Crippen molar-refractivity contribution in [2.45, 2.75) is 26.1 Å². The molecule has 0 fully saturated rings. The highest BCUT2D eigenvalue weighted by Gasteiger charge is 1.98. The van der Waals surface area contributed by atoms with Crippen LogP contribution in [0, 0.1) is 0 Å². The van der Waals surface area contributed by atoms with Crippen molar-refractivity contribution in [3.05, 3.63) is 0 Å². The van der Waals surface area contributed by atoms with Gasteiger partial charge in [0.25, 0.3) is 0 Å². The molecule has 0 aliphatic heterocycles. The molecule has 0 aromatic heterocycles. The summed E-state index contributed by atoms with van der Waals surface area (Å²) < 4.78 is 9.61. The van der Waals surface area contributed by atoms with E-state index >= 15 is 0 Å². The van der Waals surface area contributed by atoms with Gasteiger partial charge in [0.2, 0.25) is 0 Å². The van der Waals surface area contributed by atoms with Gasteiger partial charge < -0.3 is 14.6 Å². The van der Waals surface area contributed by atoms with Crippen LogP contribution in [-0.4, -0.2) is 31.7 Å². The number of unbranched alkanes of at least 4 members (excludes halogenated alkanes) is 1. The molecule has 0 aromatic rings. The molecule has 1 atom stereocenters. The van der Waals surface area contributed by atoms with Crippen LogP contribution in [0.5, 0.6) is 0 Å². The summed E-state index contributed by atoms with van der Waals surface area (Å²) in [7, 11) is 1.45. The maximum Gasteiger partial charge on any atom is 0.177 e. The normalized spacial score (nSPS) is 13.5. The first-order valence-electron chi connectivity index (χ1n) is 3.59. The standard InChI is InChI=1S/C7H16O3/c1-3-4-5-10-6-7(8)9-2/h7-8H,3-6H2,1-2H3. The maximum atomic E-state index is 8.81. The number of aliphatic hydroxyl groups excluding tert-OH is 1. The predicted molar refractivity (Wildman–Crippen MR) is 38.7 cm³/mol. The number of hydrogen-bond acceptors (Lipinski definition) is 3. The Labute approximate surface area is 62.0 Å². The fourth-order valence-electron chi connectivity index (χ4n) is 0.499. The van der Waals surface area contributed by atoms with Crippen LogP contribution in [0.15, 0.2) is 0 Å². The molecule has 3 nitrogen and oxygen atoms in total. The van der Waals surface area contributed by atoms with Crippen molar-refractivity contribution >= 4 is 0 Å². The largest absolute Gasteiger partial charge is 0.376 e. The van der Waals surface area contributed by atoms with Crippen molar-refractivity contribution in [2.24, 2.45) is 0 Å². The average molecular weight is 148 g/mol. The predicted octanol–water partition coefficient (Wildman–Crippen LogP) is 0.768. The Kier molecular flexibility index (Phi) is 6.91. The second kappa shape index (κ2) is 6.99. The van der Waals surface area contributed by atoms with Crippen molar-refractivity contribution in [2.75, 3.05) is 20.3 Å². The quantitative estimate of drug-likeness (QED) is 0.446. The molecule has 3 heteroatoms. The Morgan fingerprint density at radius 1 is 1.50 bits per heavy atom.